The number of thiol groups is 1. The van der Waals surface area contributed by atoms with Crippen molar-refractivity contribution in [3.63, 3.8) is 0 Å². The molecule has 0 aliphatic heterocycles. The fraction of sp³-hybridized carbons (Fsp3) is 0.357. The Morgan fingerprint density at radius 2 is 2.06 bits per heavy atom. The van der Waals surface area contributed by atoms with Gasteiger partial charge in [0, 0.05) is 23.9 Å². The van der Waals surface area contributed by atoms with Crippen molar-refractivity contribution in [2.24, 2.45) is 0 Å². The van der Waals surface area contributed by atoms with Crippen molar-refractivity contribution in [1.82, 2.24) is 10.3 Å². The van der Waals surface area contributed by atoms with Gasteiger partial charge < -0.3 is 10.1 Å². The first-order valence-electron chi connectivity index (χ1n) is 6.20. The molecular formula is C14H18N2OS. The number of ether oxygens (including phenoxy) is 1. The third-order valence-electron chi connectivity index (χ3n) is 2.66. The molecule has 0 saturated carbocycles. The summed E-state index contributed by atoms with van der Waals surface area (Å²) in [4.78, 5) is 4.29. The zero-order valence-corrected chi connectivity index (χ0v) is 11.2. The predicted octanol–water partition coefficient (Wildman–Crippen LogP) is 2.52. The molecule has 0 amide bonds. The largest absolute Gasteiger partial charge is 0.477 e. The SMILES string of the molecule is SCCNCCCOc1nccc2ccccc12. The van der Waals surface area contributed by atoms with E-state index in [4.69, 9.17) is 4.74 Å². The lowest BCUT2D eigenvalue weighted by molar-refractivity contribution is 0.301. The van der Waals surface area contributed by atoms with E-state index >= 15 is 0 Å². The van der Waals surface area contributed by atoms with Crippen LogP contribution in [-0.2, 0) is 0 Å². The topological polar surface area (TPSA) is 34.1 Å². The van der Waals surface area contributed by atoms with Crippen LogP contribution in [0.4, 0.5) is 0 Å². The van der Waals surface area contributed by atoms with E-state index in [-0.39, 0.29) is 0 Å². The van der Waals surface area contributed by atoms with Crippen molar-refractivity contribution in [2.45, 2.75) is 6.42 Å². The molecule has 1 N–H and O–H groups in total. The average molecular weight is 262 g/mol. The quantitative estimate of drug-likeness (QED) is 0.594. The molecule has 0 aliphatic carbocycles. The smallest absolute Gasteiger partial charge is 0.221 e. The fourth-order valence-corrected chi connectivity index (χ4v) is 1.94. The highest BCUT2D eigenvalue weighted by Crippen LogP contribution is 2.22. The monoisotopic (exact) mass is 262 g/mol. The van der Waals surface area contributed by atoms with Crippen LogP contribution in [0.3, 0.4) is 0 Å². The van der Waals surface area contributed by atoms with Crippen LogP contribution in [0.5, 0.6) is 5.88 Å². The Labute approximate surface area is 113 Å². The van der Waals surface area contributed by atoms with Crippen LogP contribution in [0, 0.1) is 0 Å². The van der Waals surface area contributed by atoms with E-state index in [9.17, 15) is 0 Å². The molecule has 0 unspecified atom stereocenters. The number of fused-ring (bicyclic) bond motifs is 1. The molecule has 0 radical (unpaired) electrons. The Hall–Kier alpha value is -1.26. The minimum absolute atomic E-state index is 0.681. The Balaban J connectivity index is 1.88. The van der Waals surface area contributed by atoms with Gasteiger partial charge in [0.1, 0.15) is 0 Å². The molecule has 0 fully saturated rings. The van der Waals surface area contributed by atoms with Crippen molar-refractivity contribution >= 4 is 23.4 Å². The normalized spacial score (nSPS) is 10.7. The maximum absolute atomic E-state index is 5.73. The number of pyridine rings is 1. The third-order valence-corrected chi connectivity index (χ3v) is 2.89. The Morgan fingerprint density at radius 1 is 1.17 bits per heavy atom. The van der Waals surface area contributed by atoms with Crippen LogP contribution in [0.25, 0.3) is 10.8 Å². The highest BCUT2D eigenvalue weighted by atomic mass is 32.1. The van der Waals surface area contributed by atoms with Gasteiger partial charge in [-0.1, -0.05) is 18.2 Å². The molecule has 4 heteroatoms. The van der Waals surface area contributed by atoms with Gasteiger partial charge in [-0.05, 0) is 30.5 Å². The van der Waals surface area contributed by atoms with E-state index in [2.05, 4.69) is 29.0 Å². The van der Waals surface area contributed by atoms with Crippen molar-refractivity contribution in [3.8, 4) is 5.88 Å². The maximum Gasteiger partial charge on any atom is 0.221 e. The number of nitrogens with one attached hydrogen (secondary N) is 1. The van der Waals surface area contributed by atoms with Crippen LogP contribution in [0.2, 0.25) is 0 Å². The molecule has 96 valence electrons. The summed E-state index contributed by atoms with van der Waals surface area (Å²) in [5.74, 6) is 1.59. The summed E-state index contributed by atoms with van der Waals surface area (Å²) in [5, 5.41) is 5.52. The first-order valence-corrected chi connectivity index (χ1v) is 6.83. The molecule has 1 aromatic carbocycles. The summed E-state index contributed by atoms with van der Waals surface area (Å²) in [6.07, 6.45) is 2.76. The summed E-state index contributed by atoms with van der Waals surface area (Å²) in [5.41, 5.74) is 0. The van der Waals surface area contributed by atoms with Gasteiger partial charge in [0.15, 0.2) is 0 Å². The summed E-state index contributed by atoms with van der Waals surface area (Å²) < 4.78 is 5.73. The summed E-state index contributed by atoms with van der Waals surface area (Å²) in [7, 11) is 0. The highest BCUT2D eigenvalue weighted by Gasteiger charge is 2.01. The van der Waals surface area contributed by atoms with E-state index in [1.54, 1.807) is 6.20 Å². The lowest BCUT2D eigenvalue weighted by atomic mass is 10.2. The van der Waals surface area contributed by atoms with Crippen molar-refractivity contribution < 1.29 is 4.74 Å². The molecular weight excluding hydrogens is 244 g/mol. The first kappa shape index (κ1) is 13.2. The maximum atomic E-state index is 5.73. The number of rotatable bonds is 7. The molecule has 2 aromatic rings. The summed E-state index contributed by atoms with van der Waals surface area (Å²) in [6.45, 7) is 2.57. The minimum atomic E-state index is 0.681. The van der Waals surface area contributed by atoms with E-state index in [0.29, 0.717) is 6.61 Å². The van der Waals surface area contributed by atoms with Gasteiger partial charge in [-0.3, -0.25) is 0 Å². The van der Waals surface area contributed by atoms with Crippen LogP contribution >= 0.6 is 12.6 Å². The molecule has 0 atom stereocenters. The van der Waals surface area contributed by atoms with Gasteiger partial charge in [-0.25, -0.2) is 4.98 Å². The van der Waals surface area contributed by atoms with Gasteiger partial charge in [0.05, 0.1) is 6.61 Å². The Morgan fingerprint density at radius 3 is 2.94 bits per heavy atom. The zero-order valence-electron chi connectivity index (χ0n) is 10.3. The molecule has 1 aromatic heterocycles. The number of hydrogen-bond donors (Lipinski definition) is 2. The minimum Gasteiger partial charge on any atom is -0.477 e. The van der Waals surface area contributed by atoms with Crippen molar-refractivity contribution in [3.05, 3.63) is 36.5 Å². The van der Waals surface area contributed by atoms with Crippen LogP contribution < -0.4 is 10.1 Å². The van der Waals surface area contributed by atoms with Crippen molar-refractivity contribution in [2.75, 3.05) is 25.4 Å². The van der Waals surface area contributed by atoms with Gasteiger partial charge in [-0.2, -0.15) is 12.6 Å². The second-order valence-corrected chi connectivity index (χ2v) is 4.46. The Kier molecular flexibility index (Phi) is 5.30. The summed E-state index contributed by atoms with van der Waals surface area (Å²) >= 11 is 4.14. The predicted molar refractivity (Wildman–Crippen MR) is 78.6 cm³/mol. The van der Waals surface area contributed by atoms with E-state index in [1.165, 1.54) is 0 Å². The lowest BCUT2D eigenvalue weighted by Crippen LogP contribution is -2.19. The average Bonchev–Trinajstić information content (AvgIpc) is 2.43. The van der Waals surface area contributed by atoms with Gasteiger partial charge >= 0.3 is 0 Å². The van der Waals surface area contributed by atoms with E-state index in [1.807, 2.05) is 24.3 Å². The first-order chi connectivity index (χ1) is 8.92. The van der Waals surface area contributed by atoms with Crippen molar-refractivity contribution in [1.29, 1.82) is 0 Å². The van der Waals surface area contributed by atoms with Crippen LogP contribution in [-0.4, -0.2) is 30.4 Å². The molecule has 18 heavy (non-hydrogen) atoms. The molecule has 0 bridgehead atoms. The summed E-state index contributed by atoms with van der Waals surface area (Å²) in [6, 6.07) is 10.1. The zero-order chi connectivity index (χ0) is 12.6. The molecule has 0 aliphatic rings. The van der Waals surface area contributed by atoms with Crippen LogP contribution in [0.15, 0.2) is 36.5 Å². The number of benzene rings is 1. The molecule has 0 saturated heterocycles. The molecule has 2 rings (SSSR count). The van der Waals surface area contributed by atoms with Crippen LogP contribution in [0.1, 0.15) is 6.42 Å². The number of hydrogen-bond acceptors (Lipinski definition) is 4. The van der Waals surface area contributed by atoms with E-state index < -0.39 is 0 Å². The van der Waals surface area contributed by atoms with Gasteiger partial charge in [-0.15, -0.1) is 0 Å². The lowest BCUT2D eigenvalue weighted by Gasteiger charge is -2.08. The number of aromatic nitrogens is 1. The van der Waals surface area contributed by atoms with E-state index in [0.717, 1.165) is 41.9 Å². The van der Waals surface area contributed by atoms with Gasteiger partial charge in [0.25, 0.3) is 0 Å². The molecule has 3 nitrogen and oxygen atoms in total. The second kappa shape index (κ2) is 7.24. The van der Waals surface area contributed by atoms with Gasteiger partial charge in [0.2, 0.25) is 5.88 Å². The fourth-order valence-electron chi connectivity index (χ4n) is 1.78. The standard InChI is InChI=1S/C14H18N2OS/c18-11-9-15-7-3-10-17-14-13-5-2-1-4-12(13)6-8-16-14/h1-2,4-6,8,15,18H,3,7,9-11H2. The Bertz CT molecular complexity index is 485. The molecule has 0 spiro atoms. The number of nitrogens with zero attached hydrogens (tertiary/aromatic N) is 1. The third kappa shape index (κ3) is 3.62. The highest BCUT2D eigenvalue weighted by molar-refractivity contribution is 7.80. The molecule has 1 heterocycles. The second-order valence-electron chi connectivity index (χ2n) is 4.01.